The summed E-state index contributed by atoms with van der Waals surface area (Å²) >= 11 is 12.1. The molecule has 2 saturated carbocycles. The zero-order chi connectivity index (χ0) is 13.3. The van der Waals surface area contributed by atoms with Crippen LogP contribution in [0.2, 0.25) is 10.0 Å². The molecule has 3 rings (SSSR count). The van der Waals surface area contributed by atoms with Crippen molar-refractivity contribution in [2.24, 2.45) is 5.41 Å². The van der Waals surface area contributed by atoms with Gasteiger partial charge in [0.1, 0.15) is 0 Å². The zero-order valence-corrected chi connectivity index (χ0v) is 12.7. The van der Waals surface area contributed by atoms with Gasteiger partial charge in [-0.2, -0.15) is 0 Å². The van der Waals surface area contributed by atoms with Crippen molar-refractivity contribution in [1.29, 1.82) is 0 Å². The van der Waals surface area contributed by atoms with Gasteiger partial charge in [-0.15, -0.1) is 0 Å². The zero-order valence-electron chi connectivity index (χ0n) is 11.2. The first kappa shape index (κ1) is 13.7. The van der Waals surface area contributed by atoms with Crippen LogP contribution < -0.4 is 5.32 Å². The third-order valence-corrected chi connectivity index (χ3v) is 5.31. The van der Waals surface area contributed by atoms with E-state index in [1.165, 1.54) is 44.1 Å². The Hall–Kier alpha value is -0.240. The molecule has 0 heterocycles. The van der Waals surface area contributed by atoms with E-state index in [0.29, 0.717) is 15.5 Å². The summed E-state index contributed by atoms with van der Waals surface area (Å²) in [4.78, 5) is 0. The molecule has 2 aliphatic rings. The highest BCUT2D eigenvalue weighted by atomic mass is 35.5. The number of hydrogen-bond donors (Lipinski definition) is 1. The largest absolute Gasteiger partial charge is 0.313 e. The fraction of sp³-hybridized carbons (Fsp3) is 0.625. The Kier molecular flexibility index (Phi) is 4.07. The van der Waals surface area contributed by atoms with Gasteiger partial charge in [0.05, 0.1) is 10.0 Å². The van der Waals surface area contributed by atoms with E-state index in [2.05, 4.69) is 11.4 Å². The maximum Gasteiger partial charge on any atom is 0.0595 e. The highest BCUT2D eigenvalue weighted by Gasteiger charge is 2.35. The van der Waals surface area contributed by atoms with Gasteiger partial charge in [-0.3, -0.25) is 0 Å². The van der Waals surface area contributed by atoms with E-state index in [-0.39, 0.29) is 0 Å². The molecule has 3 heteroatoms. The van der Waals surface area contributed by atoms with Crippen LogP contribution in [0.25, 0.3) is 0 Å². The molecule has 1 aromatic carbocycles. The molecular weight excluding hydrogens is 277 g/mol. The molecule has 104 valence electrons. The first-order valence-corrected chi connectivity index (χ1v) is 8.10. The number of nitrogens with one attached hydrogen (secondary N) is 1. The van der Waals surface area contributed by atoms with Gasteiger partial charge in [-0.1, -0.05) is 42.1 Å². The molecule has 0 aromatic heterocycles. The van der Waals surface area contributed by atoms with Gasteiger partial charge in [0, 0.05) is 12.6 Å². The Morgan fingerprint density at radius 3 is 2.47 bits per heavy atom. The fourth-order valence-electron chi connectivity index (χ4n) is 3.27. The van der Waals surface area contributed by atoms with Crippen LogP contribution in [0.1, 0.15) is 44.1 Å². The quantitative estimate of drug-likeness (QED) is 0.819. The highest BCUT2D eigenvalue weighted by Crippen LogP contribution is 2.41. The fourth-order valence-corrected chi connectivity index (χ4v) is 3.59. The van der Waals surface area contributed by atoms with Gasteiger partial charge in [-0.25, -0.2) is 0 Å². The number of rotatable bonds is 5. The Balaban J connectivity index is 1.70. The van der Waals surface area contributed by atoms with Gasteiger partial charge in [0.2, 0.25) is 0 Å². The second kappa shape index (κ2) is 5.63. The maximum absolute atomic E-state index is 6.13. The third kappa shape index (κ3) is 3.45. The predicted octanol–water partition coefficient (Wildman–Crippen LogP) is 4.85. The van der Waals surface area contributed by atoms with Crippen LogP contribution in [0.4, 0.5) is 0 Å². The van der Waals surface area contributed by atoms with Crippen LogP contribution in [-0.4, -0.2) is 12.6 Å². The average molecular weight is 298 g/mol. The van der Waals surface area contributed by atoms with Gasteiger partial charge in [0.15, 0.2) is 0 Å². The van der Waals surface area contributed by atoms with E-state index in [1.807, 2.05) is 12.1 Å². The van der Waals surface area contributed by atoms with E-state index in [4.69, 9.17) is 23.2 Å². The molecule has 19 heavy (non-hydrogen) atoms. The molecule has 0 saturated heterocycles. The minimum Gasteiger partial charge on any atom is -0.313 e. The lowest BCUT2D eigenvalue weighted by molar-refractivity contribution is 0.276. The monoisotopic (exact) mass is 297 g/mol. The van der Waals surface area contributed by atoms with Crippen LogP contribution in [-0.2, 0) is 6.42 Å². The third-order valence-electron chi connectivity index (χ3n) is 4.57. The van der Waals surface area contributed by atoms with Crippen molar-refractivity contribution >= 4 is 23.2 Å². The molecule has 0 radical (unpaired) electrons. The normalized spacial score (nSPS) is 21.8. The lowest BCUT2D eigenvalue weighted by atomic mass is 9.80. The minimum absolute atomic E-state index is 0.444. The van der Waals surface area contributed by atoms with Crippen molar-refractivity contribution in [3.05, 3.63) is 33.8 Å². The van der Waals surface area contributed by atoms with Gasteiger partial charge < -0.3 is 5.32 Å². The van der Waals surface area contributed by atoms with Crippen LogP contribution in [0.3, 0.4) is 0 Å². The van der Waals surface area contributed by atoms with Crippen molar-refractivity contribution in [2.45, 2.75) is 51.0 Å². The lowest BCUT2D eigenvalue weighted by Crippen LogP contribution is -2.35. The SMILES string of the molecule is Clc1ccc(CC2(CNC3CC3)CCCC2)cc1Cl. The Morgan fingerprint density at radius 2 is 1.84 bits per heavy atom. The summed E-state index contributed by atoms with van der Waals surface area (Å²) < 4.78 is 0. The lowest BCUT2D eigenvalue weighted by Gasteiger charge is -2.30. The van der Waals surface area contributed by atoms with Crippen molar-refractivity contribution in [1.82, 2.24) is 5.32 Å². The standard InChI is InChI=1S/C16H21Cl2N/c17-14-6-3-12(9-15(14)18)10-16(7-1-2-8-16)11-19-13-4-5-13/h3,6,9,13,19H,1-2,4-5,7-8,10-11H2. The maximum atomic E-state index is 6.13. The summed E-state index contributed by atoms with van der Waals surface area (Å²) in [6.45, 7) is 1.16. The summed E-state index contributed by atoms with van der Waals surface area (Å²) in [6, 6.07) is 6.90. The molecule has 0 aliphatic heterocycles. The highest BCUT2D eigenvalue weighted by molar-refractivity contribution is 6.42. The van der Waals surface area contributed by atoms with Crippen LogP contribution in [0, 0.1) is 5.41 Å². The van der Waals surface area contributed by atoms with Crippen molar-refractivity contribution < 1.29 is 0 Å². The van der Waals surface area contributed by atoms with Crippen molar-refractivity contribution in [3.63, 3.8) is 0 Å². The van der Waals surface area contributed by atoms with Gasteiger partial charge in [-0.05, 0) is 55.2 Å². The van der Waals surface area contributed by atoms with Crippen LogP contribution in [0.15, 0.2) is 18.2 Å². The molecular formula is C16H21Cl2N. The number of hydrogen-bond acceptors (Lipinski definition) is 1. The first-order chi connectivity index (χ1) is 9.17. The van der Waals surface area contributed by atoms with Gasteiger partial charge in [0.25, 0.3) is 0 Å². The van der Waals surface area contributed by atoms with E-state index < -0.39 is 0 Å². The van der Waals surface area contributed by atoms with E-state index in [1.54, 1.807) is 0 Å². The molecule has 1 nitrogen and oxygen atoms in total. The van der Waals surface area contributed by atoms with E-state index in [0.717, 1.165) is 19.0 Å². The predicted molar refractivity (Wildman–Crippen MR) is 82.1 cm³/mol. The molecule has 1 aromatic rings. The van der Waals surface area contributed by atoms with Crippen LogP contribution in [0.5, 0.6) is 0 Å². The summed E-state index contributed by atoms with van der Waals surface area (Å²) in [6.07, 6.45) is 9.27. The number of benzene rings is 1. The average Bonchev–Trinajstić information content (AvgIpc) is 3.12. The van der Waals surface area contributed by atoms with Gasteiger partial charge >= 0.3 is 0 Å². The topological polar surface area (TPSA) is 12.0 Å². The summed E-state index contributed by atoms with van der Waals surface area (Å²) in [5.41, 5.74) is 1.77. The second-order valence-electron chi connectivity index (χ2n) is 6.29. The molecule has 0 spiro atoms. The Bertz CT molecular complexity index is 448. The molecule has 2 aliphatic carbocycles. The molecule has 0 unspecified atom stereocenters. The van der Waals surface area contributed by atoms with Crippen molar-refractivity contribution in [2.75, 3.05) is 6.54 Å². The molecule has 0 bridgehead atoms. The number of halogens is 2. The molecule has 0 amide bonds. The van der Waals surface area contributed by atoms with E-state index >= 15 is 0 Å². The second-order valence-corrected chi connectivity index (χ2v) is 7.10. The smallest absolute Gasteiger partial charge is 0.0595 e. The summed E-state index contributed by atoms with van der Waals surface area (Å²) in [5, 5.41) is 5.06. The molecule has 2 fully saturated rings. The van der Waals surface area contributed by atoms with Crippen molar-refractivity contribution in [3.8, 4) is 0 Å². The minimum atomic E-state index is 0.444. The summed E-state index contributed by atoms with van der Waals surface area (Å²) in [7, 11) is 0. The van der Waals surface area contributed by atoms with Crippen LogP contribution >= 0.6 is 23.2 Å². The van der Waals surface area contributed by atoms with E-state index in [9.17, 15) is 0 Å². The first-order valence-electron chi connectivity index (χ1n) is 7.34. The molecule has 0 atom stereocenters. The molecule has 1 N–H and O–H groups in total. The summed E-state index contributed by atoms with van der Waals surface area (Å²) in [5.74, 6) is 0. The Morgan fingerprint density at radius 1 is 1.11 bits per heavy atom. The Labute approximate surface area is 125 Å².